The quantitative estimate of drug-likeness (QED) is 0.871. The average Bonchev–Trinajstić information content (AvgIpc) is 2.47. The summed E-state index contributed by atoms with van der Waals surface area (Å²) in [7, 11) is 0. The number of nitrogens with one attached hydrogen (secondary N) is 1. The number of aliphatic hydroxyl groups is 1. The highest BCUT2D eigenvalue weighted by Crippen LogP contribution is 2.28. The fourth-order valence-electron chi connectivity index (χ4n) is 2.43. The highest BCUT2D eigenvalue weighted by atomic mass is 35.5. The second kappa shape index (κ2) is 7.34. The standard InChI is InChI=1S/C15H19Cl2NO3/c16-11-4-5-12(17)13(8-11)21-9-14(19)18-10-15(20)6-2-1-3-7-15/h4-5,8,20H,1-3,6-7,9-10H2,(H,18,19). The van der Waals surface area contributed by atoms with Crippen molar-refractivity contribution in [1.29, 1.82) is 0 Å². The first kappa shape index (κ1) is 16.4. The molecule has 0 heterocycles. The SMILES string of the molecule is O=C(COc1cc(Cl)ccc1Cl)NCC1(O)CCCCC1. The number of carbonyl (C=O) groups excluding carboxylic acids is 1. The van der Waals surface area contributed by atoms with E-state index in [2.05, 4.69) is 5.32 Å². The van der Waals surface area contributed by atoms with Gasteiger partial charge in [-0.25, -0.2) is 0 Å². The van der Waals surface area contributed by atoms with E-state index in [1.54, 1.807) is 18.2 Å². The van der Waals surface area contributed by atoms with Crippen molar-refractivity contribution in [3.63, 3.8) is 0 Å². The first-order chi connectivity index (χ1) is 9.98. The number of hydrogen-bond acceptors (Lipinski definition) is 3. The Bertz CT molecular complexity index is 502. The first-order valence-corrected chi connectivity index (χ1v) is 7.81. The van der Waals surface area contributed by atoms with Gasteiger partial charge in [0.1, 0.15) is 5.75 Å². The normalized spacial score (nSPS) is 17.3. The van der Waals surface area contributed by atoms with Gasteiger partial charge in [-0.15, -0.1) is 0 Å². The summed E-state index contributed by atoms with van der Waals surface area (Å²) in [6.07, 6.45) is 4.61. The summed E-state index contributed by atoms with van der Waals surface area (Å²) < 4.78 is 5.34. The molecular formula is C15H19Cl2NO3. The van der Waals surface area contributed by atoms with Crippen molar-refractivity contribution < 1.29 is 14.6 Å². The van der Waals surface area contributed by atoms with E-state index in [-0.39, 0.29) is 19.1 Å². The number of ether oxygens (including phenoxy) is 1. The fourth-order valence-corrected chi connectivity index (χ4v) is 2.77. The smallest absolute Gasteiger partial charge is 0.258 e. The Morgan fingerprint density at radius 2 is 2.00 bits per heavy atom. The zero-order valence-electron chi connectivity index (χ0n) is 11.7. The van der Waals surface area contributed by atoms with Crippen molar-refractivity contribution in [2.24, 2.45) is 0 Å². The van der Waals surface area contributed by atoms with E-state index < -0.39 is 5.60 Å². The molecule has 2 N–H and O–H groups in total. The minimum absolute atomic E-state index is 0.157. The maximum Gasteiger partial charge on any atom is 0.258 e. The number of rotatable bonds is 5. The summed E-state index contributed by atoms with van der Waals surface area (Å²) in [6.45, 7) is 0.106. The topological polar surface area (TPSA) is 58.6 Å². The Morgan fingerprint density at radius 3 is 2.71 bits per heavy atom. The zero-order chi connectivity index (χ0) is 15.3. The van der Waals surface area contributed by atoms with Gasteiger partial charge >= 0.3 is 0 Å². The predicted octanol–water partition coefficient (Wildman–Crippen LogP) is 3.18. The summed E-state index contributed by atoms with van der Waals surface area (Å²) in [6, 6.07) is 4.82. The van der Waals surface area contributed by atoms with Crippen molar-refractivity contribution in [2.75, 3.05) is 13.2 Å². The Kier molecular flexibility index (Phi) is 5.73. The summed E-state index contributed by atoms with van der Waals surface area (Å²) in [5, 5.41) is 13.9. The second-order valence-electron chi connectivity index (χ2n) is 5.43. The van der Waals surface area contributed by atoms with Gasteiger partial charge in [-0.2, -0.15) is 0 Å². The van der Waals surface area contributed by atoms with Crippen LogP contribution in [-0.4, -0.2) is 29.8 Å². The van der Waals surface area contributed by atoms with Gasteiger partial charge in [-0.3, -0.25) is 4.79 Å². The fraction of sp³-hybridized carbons (Fsp3) is 0.533. The molecule has 6 heteroatoms. The van der Waals surface area contributed by atoms with Gasteiger partial charge in [0.2, 0.25) is 0 Å². The van der Waals surface area contributed by atoms with E-state index in [0.717, 1.165) is 32.1 Å². The molecule has 1 amide bonds. The van der Waals surface area contributed by atoms with Crippen LogP contribution in [-0.2, 0) is 4.79 Å². The van der Waals surface area contributed by atoms with E-state index >= 15 is 0 Å². The lowest BCUT2D eigenvalue weighted by molar-refractivity contribution is -0.124. The number of carbonyl (C=O) groups is 1. The maximum atomic E-state index is 11.8. The number of hydrogen-bond donors (Lipinski definition) is 2. The van der Waals surface area contributed by atoms with Crippen LogP contribution < -0.4 is 10.1 Å². The van der Waals surface area contributed by atoms with E-state index in [9.17, 15) is 9.90 Å². The van der Waals surface area contributed by atoms with Crippen molar-refractivity contribution >= 4 is 29.1 Å². The molecule has 21 heavy (non-hydrogen) atoms. The van der Waals surface area contributed by atoms with Crippen molar-refractivity contribution in [3.8, 4) is 5.75 Å². The lowest BCUT2D eigenvalue weighted by Gasteiger charge is -2.32. The zero-order valence-corrected chi connectivity index (χ0v) is 13.2. The molecule has 4 nitrogen and oxygen atoms in total. The van der Waals surface area contributed by atoms with Crippen LogP contribution in [0.1, 0.15) is 32.1 Å². The minimum atomic E-state index is -0.776. The molecule has 1 aliphatic carbocycles. The molecular weight excluding hydrogens is 313 g/mol. The van der Waals surface area contributed by atoms with Gasteiger partial charge in [0.25, 0.3) is 5.91 Å². The molecule has 0 spiro atoms. The Balaban J connectivity index is 1.78. The molecule has 1 fully saturated rings. The van der Waals surface area contributed by atoms with Crippen LogP contribution in [0.15, 0.2) is 18.2 Å². The highest BCUT2D eigenvalue weighted by Gasteiger charge is 2.29. The van der Waals surface area contributed by atoms with Gasteiger partial charge in [-0.05, 0) is 25.0 Å². The van der Waals surface area contributed by atoms with Gasteiger partial charge in [-0.1, -0.05) is 42.5 Å². The summed E-state index contributed by atoms with van der Waals surface area (Å²) >= 11 is 11.8. The molecule has 0 bridgehead atoms. The molecule has 1 saturated carbocycles. The van der Waals surface area contributed by atoms with Crippen LogP contribution in [0, 0.1) is 0 Å². The van der Waals surface area contributed by atoms with Crippen LogP contribution in [0.2, 0.25) is 10.0 Å². The molecule has 0 atom stereocenters. The van der Waals surface area contributed by atoms with E-state index in [0.29, 0.717) is 15.8 Å². The van der Waals surface area contributed by atoms with E-state index in [4.69, 9.17) is 27.9 Å². The molecule has 0 unspecified atom stereocenters. The third kappa shape index (κ3) is 5.06. The van der Waals surface area contributed by atoms with Gasteiger partial charge in [0.15, 0.2) is 6.61 Å². The van der Waals surface area contributed by atoms with Crippen LogP contribution in [0.3, 0.4) is 0 Å². The summed E-state index contributed by atoms with van der Waals surface area (Å²) in [5.41, 5.74) is -0.776. The molecule has 2 rings (SSSR count). The first-order valence-electron chi connectivity index (χ1n) is 7.05. The minimum Gasteiger partial charge on any atom is -0.482 e. The molecule has 0 radical (unpaired) electrons. The molecule has 1 aromatic rings. The molecule has 0 saturated heterocycles. The predicted molar refractivity (Wildman–Crippen MR) is 83.0 cm³/mol. The summed E-state index contributed by atoms with van der Waals surface area (Å²) in [4.78, 5) is 11.8. The van der Waals surface area contributed by atoms with E-state index in [1.165, 1.54) is 0 Å². The largest absolute Gasteiger partial charge is 0.482 e. The second-order valence-corrected chi connectivity index (χ2v) is 6.27. The van der Waals surface area contributed by atoms with E-state index in [1.807, 2.05) is 0 Å². The van der Waals surface area contributed by atoms with Crippen molar-refractivity contribution in [1.82, 2.24) is 5.32 Å². The van der Waals surface area contributed by atoms with Crippen LogP contribution in [0.4, 0.5) is 0 Å². The Hall–Kier alpha value is -0.970. The average molecular weight is 332 g/mol. The summed E-state index contributed by atoms with van der Waals surface area (Å²) in [5.74, 6) is 0.0840. The van der Waals surface area contributed by atoms with Gasteiger partial charge in [0, 0.05) is 17.6 Å². The molecule has 1 aromatic carbocycles. The monoisotopic (exact) mass is 331 g/mol. The van der Waals surface area contributed by atoms with Crippen LogP contribution >= 0.6 is 23.2 Å². The lowest BCUT2D eigenvalue weighted by Crippen LogP contribution is -2.45. The number of halogens is 2. The lowest BCUT2D eigenvalue weighted by atomic mass is 9.85. The molecule has 1 aliphatic rings. The van der Waals surface area contributed by atoms with Crippen molar-refractivity contribution in [2.45, 2.75) is 37.7 Å². The Morgan fingerprint density at radius 1 is 1.29 bits per heavy atom. The number of amides is 1. The molecule has 116 valence electrons. The molecule has 0 aliphatic heterocycles. The van der Waals surface area contributed by atoms with Crippen LogP contribution in [0.5, 0.6) is 5.75 Å². The van der Waals surface area contributed by atoms with Gasteiger partial charge < -0.3 is 15.2 Å². The van der Waals surface area contributed by atoms with Crippen LogP contribution in [0.25, 0.3) is 0 Å². The third-order valence-corrected chi connectivity index (χ3v) is 4.20. The maximum absolute atomic E-state index is 11.8. The number of benzene rings is 1. The van der Waals surface area contributed by atoms with Gasteiger partial charge in [0.05, 0.1) is 10.6 Å². The van der Waals surface area contributed by atoms with Crippen molar-refractivity contribution in [3.05, 3.63) is 28.2 Å². The Labute approximate surface area is 134 Å². The highest BCUT2D eigenvalue weighted by molar-refractivity contribution is 6.34. The molecule has 0 aromatic heterocycles. The third-order valence-electron chi connectivity index (χ3n) is 3.65.